The number of aromatic nitrogens is 4. The third kappa shape index (κ3) is 3.87. The molecule has 8 nitrogen and oxygen atoms in total. The monoisotopic (exact) mass is 445 g/mol. The molecule has 2 aromatic heterocycles. The molecule has 0 bridgehead atoms. The van der Waals surface area contributed by atoms with Crippen molar-refractivity contribution in [2.75, 3.05) is 24.6 Å². The van der Waals surface area contributed by atoms with Crippen molar-refractivity contribution >= 4 is 22.5 Å². The Labute approximate surface area is 188 Å². The highest BCUT2D eigenvalue weighted by Crippen LogP contribution is 2.25. The van der Waals surface area contributed by atoms with Crippen molar-refractivity contribution in [1.82, 2.24) is 19.5 Å². The molecule has 0 amide bonds. The number of fused-ring (bicyclic) bond motifs is 1. The van der Waals surface area contributed by atoms with Crippen LogP contribution in [0.2, 0.25) is 0 Å². The quantitative estimate of drug-likeness (QED) is 0.446. The van der Waals surface area contributed by atoms with E-state index in [9.17, 15) is 14.0 Å². The minimum absolute atomic E-state index is 0.206. The van der Waals surface area contributed by atoms with Crippen molar-refractivity contribution in [3.8, 4) is 11.4 Å². The number of hydrogen-bond donors (Lipinski definition) is 0. The van der Waals surface area contributed by atoms with E-state index in [-0.39, 0.29) is 30.3 Å². The van der Waals surface area contributed by atoms with Gasteiger partial charge in [-0.25, -0.2) is 19.3 Å². The molecular weight excluding hydrogens is 425 g/mol. The maximum absolute atomic E-state index is 14.2. The lowest BCUT2D eigenvalue weighted by atomic mass is 9.97. The number of anilines is 1. The first kappa shape index (κ1) is 20.9. The van der Waals surface area contributed by atoms with Gasteiger partial charge in [0.1, 0.15) is 18.2 Å². The number of rotatable bonds is 4. The van der Waals surface area contributed by atoms with Gasteiger partial charge in [-0.3, -0.25) is 14.2 Å². The largest absolute Gasteiger partial charge is 0.366 e. The summed E-state index contributed by atoms with van der Waals surface area (Å²) >= 11 is 0. The molecule has 166 valence electrons. The first-order valence-corrected chi connectivity index (χ1v) is 10.5. The molecule has 2 aromatic carbocycles. The van der Waals surface area contributed by atoms with Crippen LogP contribution < -0.4 is 10.5 Å². The minimum atomic E-state index is -0.785. The zero-order valence-electron chi connectivity index (χ0n) is 17.8. The third-order valence-electron chi connectivity index (χ3n) is 5.73. The van der Waals surface area contributed by atoms with Gasteiger partial charge in [-0.05, 0) is 23.6 Å². The second kappa shape index (κ2) is 8.51. The molecule has 9 heteroatoms. The lowest BCUT2D eigenvalue weighted by Crippen LogP contribution is -2.48. The van der Waals surface area contributed by atoms with Crippen molar-refractivity contribution in [3.63, 3.8) is 0 Å². The lowest BCUT2D eigenvalue weighted by Gasteiger charge is -2.33. The Balaban J connectivity index is 1.48. The Bertz CT molecular complexity index is 1410. The molecule has 33 heavy (non-hydrogen) atoms. The molecule has 1 saturated heterocycles. The van der Waals surface area contributed by atoms with E-state index in [1.807, 2.05) is 4.90 Å². The van der Waals surface area contributed by atoms with Crippen molar-refractivity contribution in [3.05, 3.63) is 82.8 Å². The molecular formula is C24H20FN5O3. The van der Waals surface area contributed by atoms with Crippen molar-refractivity contribution < 1.29 is 13.9 Å². The molecule has 3 heterocycles. The van der Waals surface area contributed by atoms with Gasteiger partial charge in [0.15, 0.2) is 5.78 Å². The van der Waals surface area contributed by atoms with Crippen LogP contribution in [0, 0.1) is 5.82 Å². The Kier molecular flexibility index (Phi) is 5.39. The van der Waals surface area contributed by atoms with Gasteiger partial charge in [0.25, 0.3) is 5.56 Å². The van der Waals surface area contributed by atoms with Crippen LogP contribution >= 0.6 is 0 Å². The number of halogens is 1. The molecule has 5 rings (SSSR count). The topological polar surface area (TPSA) is 90.2 Å². The average Bonchev–Trinajstić information content (AvgIpc) is 2.86. The number of morpholine rings is 1. The zero-order chi connectivity index (χ0) is 22.9. The summed E-state index contributed by atoms with van der Waals surface area (Å²) in [6.45, 7) is 0.947. The van der Waals surface area contributed by atoms with Gasteiger partial charge in [-0.1, -0.05) is 24.3 Å². The molecule has 1 aliphatic heterocycles. The summed E-state index contributed by atoms with van der Waals surface area (Å²) in [5.74, 6) is -0.205. The summed E-state index contributed by atoms with van der Waals surface area (Å²) in [5.41, 5.74) is 1.11. The maximum Gasteiger partial charge on any atom is 0.255 e. The van der Waals surface area contributed by atoms with Crippen LogP contribution in [0.3, 0.4) is 0 Å². The summed E-state index contributed by atoms with van der Waals surface area (Å²) in [6.07, 6.45) is 2.19. The summed E-state index contributed by atoms with van der Waals surface area (Å²) in [7, 11) is 1.63. The molecule has 1 fully saturated rings. The van der Waals surface area contributed by atoms with Crippen molar-refractivity contribution in [1.29, 1.82) is 0 Å². The van der Waals surface area contributed by atoms with Crippen LogP contribution in [-0.4, -0.2) is 51.1 Å². The number of ketones is 1. The first-order chi connectivity index (χ1) is 16.0. The van der Waals surface area contributed by atoms with Crippen LogP contribution in [0.4, 0.5) is 10.3 Å². The molecule has 1 aliphatic rings. The first-order valence-electron chi connectivity index (χ1n) is 10.5. The van der Waals surface area contributed by atoms with Gasteiger partial charge in [0.05, 0.1) is 24.5 Å². The van der Waals surface area contributed by atoms with Gasteiger partial charge in [-0.15, -0.1) is 0 Å². The third-order valence-corrected chi connectivity index (χ3v) is 5.73. The van der Waals surface area contributed by atoms with Gasteiger partial charge < -0.3 is 9.64 Å². The van der Waals surface area contributed by atoms with Gasteiger partial charge in [0.2, 0.25) is 5.95 Å². The highest BCUT2D eigenvalue weighted by atomic mass is 19.1. The SMILES string of the molecule is Cn1c(N2CCOC(C(=O)c3ccc(F)c4ccccc34)C2)nc(-c2ccncn2)cc1=O. The molecule has 0 aliphatic carbocycles. The summed E-state index contributed by atoms with van der Waals surface area (Å²) < 4.78 is 21.4. The molecule has 1 unspecified atom stereocenters. The fourth-order valence-electron chi connectivity index (χ4n) is 4.02. The number of ether oxygens (including phenoxy) is 1. The number of nitrogens with zero attached hydrogens (tertiary/aromatic N) is 5. The van der Waals surface area contributed by atoms with E-state index < -0.39 is 6.10 Å². The molecule has 0 N–H and O–H groups in total. The molecule has 4 aromatic rings. The highest BCUT2D eigenvalue weighted by Gasteiger charge is 2.30. The molecule has 0 radical (unpaired) electrons. The van der Waals surface area contributed by atoms with E-state index >= 15 is 0 Å². The van der Waals surface area contributed by atoms with E-state index in [1.54, 1.807) is 43.6 Å². The lowest BCUT2D eigenvalue weighted by molar-refractivity contribution is 0.0338. The zero-order valence-corrected chi connectivity index (χ0v) is 17.8. The van der Waals surface area contributed by atoms with Gasteiger partial charge in [-0.2, -0.15) is 0 Å². The van der Waals surface area contributed by atoms with Crippen LogP contribution in [0.15, 0.2) is 65.8 Å². The van der Waals surface area contributed by atoms with E-state index in [0.29, 0.717) is 40.2 Å². The number of carbonyl (C=O) groups is 1. The Morgan fingerprint density at radius 3 is 2.73 bits per heavy atom. The molecule has 0 spiro atoms. The normalized spacial score (nSPS) is 16.2. The van der Waals surface area contributed by atoms with Crippen LogP contribution in [-0.2, 0) is 11.8 Å². The Morgan fingerprint density at radius 2 is 1.94 bits per heavy atom. The van der Waals surface area contributed by atoms with Crippen LogP contribution in [0.5, 0.6) is 0 Å². The second-order valence-corrected chi connectivity index (χ2v) is 7.74. The van der Waals surface area contributed by atoms with Crippen LogP contribution in [0.25, 0.3) is 22.2 Å². The maximum atomic E-state index is 14.2. The van der Waals surface area contributed by atoms with Crippen molar-refractivity contribution in [2.24, 2.45) is 7.05 Å². The number of hydrogen-bond acceptors (Lipinski definition) is 7. The fourth-order valence-corrected chi connectivity index (χ4v) is 4.02. The van der Waals surface area contributed by atoms with E-state index in [1.165, 1.54) is 29.1 Å². The molecule has 0 saturated carbocycles. The number of benzene rings is 2. The molecule has 1 atom stereocenters. The number of Topliss-reactive ketones (excluding diaryl/α,β-unsaturated/α-hetero) is 1. The summed E-state index contributed by atoms with van der Waals surface area (Å²) in [4.78, 5) is 40.5. The van der Waals surface area contributed by atoms with Gasteiger partial charge in [0, 0.05) is 36.8 Å². The standard InChI is InChI=1S/C24H20FN5O3/c1-29-22(31)12-20(19-8-9-26-14-27-19)28-24(29)30-10-11-33-21(13-30)23(32)17-6-7-18(25)16-5-3-2-4-15(16)17/h2-9,12,14,21H,10-11,13H2,1H3. The second-order valence-electron chi connectivity index (χ2n) is 7.74. The van der Waals surface area contributed by atoms with Crippen LogP contribution in [0.1, 0.15) is 10.4 Å². The smallest absolute Gasteiger partial charge is 0.255 e. The Hall–Kier alpha value is -3.98. The van der Waals surface area contributed by atoms with E-state index in [4.69, 9.17) is 4.74 Å². The van der Waals surface area contributed by atoms with Crippen molar-refractivity contribution in [2.45, 2.75) is 6.10 Å². The van der Waals surface area contributed by atoms with E-state index in [2.05, 4.69) is 15.0 Å². The average molecular weight is 445 g/mol. The minimum Gasteiger partial charge on any atom is -0.366 e. The highest BCUT2D eigenvalue weighted by molar-refractivity contribution is 6.10. The fraction of sp³-hybridized carbons (Fsp3) is 0.208. The Morgan fingerprint density at radius 1 is 1.12 bits per heavy atom. The predicted octanol–water partition coefficient (Wildman–Crippen LogP) is 2.62. The predicted molar refractivity (Wildman–Crippen MR) is 121 cm³/mol. The van der Waals surface area contributed by atoms with Gasteiger partial charge >= 0.3 is 0 Å². The van der Waals surface area contributed by atoms with E-state index in [0.717, 1.165) is 0 Å². The summed E-state index contributed by atoms with van der Waals surface area (Å²) in [6, 6.07) is 12.8. The number of carbonyl (C=O) groups excluding carboxylic acids is 1. The summed E-state index contributed by atoms with van der Waals surface area (Å²) in [5, 5.41) is 0.928.